The Kier molecular flexibility index (Phi) is 4.94. The van der Waals surface area contributed by atoms with Gasteiger partial charge in [0, 0.05) is 28.5 Å². The third kappa shape index (κ3) is 3.42. The number of nitrogens with zero attached hydrogens (tertiary/aromatic N) is 1. The Morgan fingerprint density at radius 2 is 1.75 bits per heavy atom. The Hall–Kier alpha value is -2.66. The van der Waals surface area contributed by atoms with Crippen LogP contribution in [0.4, 0.5) is 11.4 Å². The summed E-state index contributed by atoms with van der Waals surface area (Å²) < 4.78 is 1.05. The van der Waals surface area contributed by atoms with Gasteiger partial charge in [-0.05, 0) is 48.6 Å². The highest BCUT2D eigenvalue weighted by Gasteiger charge is 2.35. The van der Waals surface area contributed by atoms with E-state index in [0.717, 1.165) is 37.7 Å². The zero-order valence-corrected chi connectivity index (χ0v) is 17.4. The minimum atomic E-state index is -0.365. The van der Waals surface area contributed by atoms with Crippen LogP contribution in [-0.4, -0.2) is 18.4 Å². The summed E-state index contributed by atoms with van der Waals surface area (Å²) in [7, 11) is 0. The van der Waals surface area contributed by atoms with Crippen LogP contribution in [0.3, 0.4) is 0 Å². The summed E-state index contributed by atoms with van der Waals surface area (Å²) in [5.41, 5.74) is 3.76. The summed E-state index contributed by atoms with van der Waals surface area (Å²) in [6.07, 6.45) is 0.226. The van der Waals surface area contributed by atoms with Crippen molar-refractivity contribution in [3.05, 3.63) is 70.2 Å². The molecule has 0 radical (unpaired) electrons. The molecular formula is C23H21BrN2O2. The van der Waals surface area contributed by atoms with Crippen molar-refractivity contribution in [1.29, 1.82) is 0 Å². The van der Waals surface area contributed by atoms with E-state index in [-0.39, 0.29) is 24.2 Å². The van der Waals surface area contributed by atoms with Gasteiger partial charge in [-0.15, -0.1) is 0 Å². The summed E-state index contributed by atoms with van der Waals surface area (Å²) in [6, 6.07) is 17.8. The van der Waals surface area contributed by atoms with Gasteiger partial charge in [-0.25, -0.2) is 0 Å². The minimum Gasteiger partial charge on any atom is -0.326 e. The van der Waals surface area contributed by atoms with Gasteiger partial charge in [-0.2, -0.15) is 0 Å². The van der Waals surface area contributed by atoms with Crippen molar-refractivity contribution >= 4 is 49.9 Å². The van der Waals surface area contributed by atoms with Gasteiger partial charge in [0.15, 0.2) is 0 Å². The van der Waals surface area contributed by atoms with E-state index in [1.807, 2.05) is 68.4 Å². The van der Waals surface area contributed by atoms with E-state index in [1.54, 1.807) is 4.90 Å². The van der Waals surface area contributed by atoms with Gasteiger partial charge in [0.2, 0.25) is 11.8 Å². The average molecular weight is 437 g/mol. The van der Waals surface area contributed by atoms with Crippen LogP contribution in [0.25, 0.3) is 10.8 Å². The molecule has 0 aromatic heterocycles. The van der Waals surface area contributed by atoms with Gasteiger partial charge in [0.05, 0.1) is 11.6 Å². The smallest absolute Gasteiger partial charge is 0.229 e. The number of rotatable bonds is 3. The number of hydrogen-bond acceptors (Lipinski definition) is 2. The molecule has 0 unspecified atom stereocenters. The first-order valence-electron chi connectivity index (χ1n) is 9.30. The molecule has 4 nitrogen and oxygen atoms in total. The predicted octanol–water partition coefficient (Wildman–Crippen LogP) is 5.21. The van der Waals surface area contributed by atoms with Gasteiger partial charge in [-0.3, -0.25) is 9.59 Å². The molecule has 1 aliphatic heterocycles. The van der Waals surface area contributed by atoms with Crippen LogP contribution in [-0.2, 0) is 9.59 Å². The zero-order chi connectivity index (χ0) is 19.8. The molecule has 142 valence electrons. The number of aryl methyl sites for hydroxylation is 2. The summed E-state index contributed by atoms with van der Waals surface area (Å²) >= 11 is 3.54. The summed E-state index contributed by atoms with van der Waals surface area (Å²) in [6.45, 7) is 4.38. The Bertz CT molecular complexity index is 1060. The lowest BCUT2D eigenvalue weighted by atomic mass is 10.1. The van der Waals surface area contributed by atoms with E-state index in [4.69, 9.17) is 0 Å². The number of anilines is 2. The summed E-state index contributed by atoms with van der Waals surface area (Å²) in [5.74, 6) is -0.493. The Balaban J connectivity index is 1.55. The fourth-order valence-electron chi connectivity index (χ4n) is 3.82. The van der Waals surface area contributed by atoms with E-state index in [1.165, 1.54) is 0 Å². The molecule has 4 rings (SSSR count). The maximum atomic E-state index is 12.8. The molecule has 5 heteroatoms. The molecule has 3 aromatic carbocycles. The molecule has 2 amide bonds. The molecule has 1 heterocycles. The highest BCUT2D eigenvalue weighted by atomic mass is 79.9. The molecule has 1 fully saturated rings. The van der Waals surface area contributed by atoms with Crippen molar-refractivity contribution in [2.75, 3.05) is 16.8 Å². The molecule has 3 aromatic rings. The lowest BCUT2D eigenvalue weighted by Crippen LogP contribution is -2.28. The van der Waals surface area contributed by atoms with Crippen LogP contribution in [0, 0.1) is 19.8 Å². The second-order valence-electron chi connectivity index (χ2n) is 7.32. The van der Waals surface area contributed by atoms with Gasteiger partial charge in [0.1, 0.15) is 0 Å². The van der Waals surface area contributed by atoms with E-state index in [0.29, 0.717) is 6.54 Å². The number of benzene rings is 3. The number of carbonyl (C=O) groups excluding carboxylic acids is 2. The van der Waals surface area contributed by atoms with Gasteiger partial charge in [-0.1, -0.05) is 52.3 Å². The van der Waals surface area contributed by atoms with Crippen molar-refractivity contribution in [3.8, 4) is 0 Å². The van der Waals surface area contributed by atoms with E-state index < -0.39 is 0 Å². The van der Waals surface area contributed by atoms with E-state index in [9.17, 15) is 9.59 Å². The summed E-state index contributed by atoms with van der Waals surface area (Å²) in [5, 5.41) is 5.10. The first kappa shape index (κ1) is 18.7. The van der Waals surface area contributed by atoms with Crippen molar-refractivity contribution in [2.45, 2.75) is 20.3 Å². The predicted molar refractivity (Wildman–Crippen MR) is 117 cm³/mol. The van der Waals surface area contributed by atoms with Gasteiger partial charge in [0.25, 0.3) is 0 Å². The van der Waals surface area contributed by atoms with Crippen molar-refractivity contribution in [1.82, 2.24) is 0 Å². The third-order valence-corrected chi connectivity index (χ3v) is 6.51. The topological polar surface area (TPSA) is 49.4 Å². The largest absolute Gasteiger partial charge is 0.326 e. The molecule has 28 heavy (non-hydrogen) atoms. The number of carbonyl (C=O) groups is 2. The number of halogens is 1. The molecule has 0 aliphatic carbocycles. The zero-order valence-electron chi connectivity index (χ0n) is 15.8. The van der Waals surface area contributed by atoms with Crippen molar-refractivity contribution < 1.29 is 9.59 Å². The quantitative estimate of drug-likeness (QED) is 0.612. The number of hydrogen-bond donors (Lipinski definition) is 1. The van der Waals surface area contributed by atoms with E-state index in [2.05, 4.69) is 21.2 Å². The Morgan fingerprint density at radius 1 is 1.07 bits per heavy atom. The van der Waals surface area contributed by atoms with Crippen LogP contribution in [0.2, 0.25) is 0 Å². The Labute approximate surface area is 172 Å². The SMILES string of the molecule is Cc1cc(NC(=O)[C@@H]2CC(=O)N(c3cccc4ccccc34)C2)cc(C)c1Br. The number of fused-ring (bicyclic) bond motifs is 1. The van der Waals surface area contributed by atoms with Gasteiger partial charge >= 0.3 is 0 Å². The van der Waals surface area contributed by atoms with Crippen LogP contribution < -0.4 is 10.2 Å². The standard InChI is InChI=1S/C23H21BrN2O2/c1-14-10-18(11-15(2)22(14)24)25-23(28)17-12-21(27)26(13-17)20-9-5-7-16-6-3-4-8-19(16)20/h3-11,17H,12-13H2,1-2H3,(H,25,28)/t17-/m1/s1. The molecule has 1 N–H and O–H groups in total. The van der Waals surface area contributed by atoms with Crippen molar-refractivity contribution in [3.63, 3.8) is 0 Å². The lowest BCUT2D eigenvalue weighted by Gasteiger charge is -2.19. The molecular weight excluding hydrogens is 416 g/mol. The average Bonchev–Trinajstić information content (AvgIpc) is 3.07. The molecule has 0 spiro atoms. The van der Waals surface area contributed by atoms with Crippen LogP contribution in [0.1, 0.15) is 17.5 Å². The lowest BCUT2D eigenvalue weighted by molar-refractivity contribution is -0.122. The molecule has 0 bridgehead atoms. The maximum Gasteiger partial charge on any atom is 0.229 e. The molecule has 1 aliphatic rings. The first-order valence-corrected chi connectivity index (χ1v) is 10.1. The molecule has 1 atom stereocenters. The van der Waals surface area contributed by atoms with Crippen LogP contribution in [0.5, 0.6) is 0 Å². The highest BCUT2D eigenvalue weighted by molar-refractivity contribution is 9.10. The maximum absolute atomic E-state index is 12.8. The normalized spacial score (nSPS) is 16.6. The number of nitrogens with one attached hydrogen (secondary N) is 1. The molecule has 1 saturated heterocycles. The van der Waals surface area contributed by atoms with Crippen LogP contribution in [0.15, 0.2) is 59.1 Å². The Morgan fingerprint density at radius 3 is 2.50 bits per heavy atom. The first-order chi connectivity index (χ1) is 13.4. The number of amides is 2. The highest BCUT2D eigenvalue weighted by Crippen LogP contribution is 2.32. The monoisotopic (exact) mass is 436 g/mol. The van der Waals surface area contributed by atoms with E-state index >= 15 is 0 Å². The van der Waals surface area contributed by atoms with Gasteiger partial charge < -0.3 is 10.2 Å². The fourth-order valence-corrected chi connectivity index (χ4v) is 4.05. The van der Waals surface area contributed by atoms with Crippen molar-refractivity contribution in [2.24, 2.45) is 5.92 Å². The summed E-state index contributed by atoms with van der Waals surface area (Å²) in [4.78, 5) is 27.2. The molecule has 0 saturated carbocycles. The fraction of sp³-hybridized carbons (Fsp3) is 0.217. The second kappa shape index (κ2) is 7.40. The third-order valence-electron chi connectivity index (χ3n) is 5.26. The van der Waals surface area contributed by atoms with Crippen LogP contribution >= 0.6 is 15.9 Å². The second-order valence-corrected chi connectivity index (χ2v) is 8.11. The minimum absolute atomic E-state index is 0.0142.